The Labute approximate surface area is 67.1 Å². The number of carbonyl (C=O) groups excluding carboxylic acids is 1. The van der Waals surface area contributed by atoms with Gasteiger partial charge >= 0.3 is 6.09 Å². The van der Waals surface area contributed by atoms with Crippen LogP contribution < -0.4 is 0 Å². The maximum atomic E-state index is 11.0. The van der Waals surface area contributed by atoms with E-state index in [4.69, 9.17) is 4.74 Å². The van der Waals surface area contributed by atoms with Crippen LogP contribution in [0, 0.1) is 0 Å². The van der Waals surface area contributed by atoms with Gasteiger partial charge in [-0.1, -0.05) is 0 Å². The zero-order chi connectivity index (χ0) is 8.69. The maximum Gasteiger partial charge on any atom is 0.411 e. The molecule has 0 aromatic carbocycles. The fourth-order valence-electron chi connectivity index (χ4n) is 0.682. The summed E-state index contributed by atoms with van der Waals surface area (Å²) in [7, 11) is 1.48. The van der Waals surface area contributed by atoms with E-state index in [2.05, 4.69) is 4.74 Å². The van der Waals surface area contributed by atoms with Crippen LogP contribution in [0.4, 0.5) is 4.79 Å². The second kappa shape index (κ2) is 5.97. The van der Waals surface area contributed by atoms with Crippen molar-refractivity contribution in [3.63, 3.8) is 0 Å². The lowest BCUT2D eigenvalue weighted by molar-refractivity contribution is -0.00327. The second-order valence-electron chi connectivity index (χ2n) is 1.99. The summed E-state index contributed by atoms with van der Waals surface area (Å²) in [5, 5.41) is 0. The largest absolute Gasteiger partial charge is 0.422 e. The molecule has 4 heteroatoms. The van der Waals surface area contributed by atoms with Gasteiger partial charge in [-0.2, -0.15) is 0 Å². The van der Waals surface area contributed by atoms with Crippen molar-refractivity contribution >= 4 is 6.09 Å². The molecular formula is C7H15NO3. The monoisotopic (exact) mass is 161 g/mol. The topological polar surface area (TPSA) is 38.8 Å². The third kappa shape index (κ3) is 3.83. The Kier molecular flexibility index (Phi) is 5.56. The van der Waals surface area contributed by atoms with E-state index in [1.807, 2.05) is 13.8 Å². The molecule has 0 spiro atoms. The average Bonchev–Trinajstić information content (AvgIpc) is 2.03. The van der Waals surface area contributed by atoms with Gasteiger partial charge in [-0.3, -0.25) is 0 Å². The van der Waals surface area contributed by atoms with E-state index >= 15 is 0 Å². The molecule has 11 heavy (non-hydrogen) atoms. The van der Waals surface area contributed by atoms with Gasteiger partial charge in [0, 0.05) is 20.2 Å². The molecule has 0 heterocycles. The summed E-state index contributed by atoms with van der Waals surface area (Å²) in [5.74, 6) is 0. The van der Waals surface area contributed by atoms with Crippen molar-refractivity contribution in [3.8, 4) is 0 Å². The summed E-state index contributed by atoms with van der Waals surface area (Å²) >= 11 is 0. The van der Waals surface area contributed by atoms with E-state index in [0.717, 1.165) is 0 Å². The van der Waals surface area contributed by atoms with Crippen LogP contribution in [0.15, 0.2) is 0 Å². The third-order valence-electron chi connectivity index (χ3n) is 1.32. The molecule has 1 amide bonds. The molecule has 0 fully saturated rings. The van der Waals surface area contributed by atoms with Crippen LogP contribution in [-0.2, 0) is 9.47 Å². The van der Waals surface area contributed by atoms with Crippen molar-refractivity contribution in [2.45, 2.75) is 13.8 Å². The van der Waals surface area contributed by atoms with Crippen molar-refractivity contribution in [2.24, 2.45) is 0 Å². The van der Waals surface area contributed by atoms with E-state index in [1.54, 1.807) is 4.90 Å². The van der Waals surface area contributed by atoms with Gasteiger partial charge < -0.3 is 14.4 Å². The Hall–Kier alpha value is -0.770. The molecule has 0 bridgehead atoms. The molecule has 0 aromatic rings. The normalized spacial score (nSPS) is 9.36. The summed E-state index contributed by atoms with van der Waals surface area (Å²) < 4.78 is 9.28. The quantitative estimate of drug-likeness (QED) is 0.579. The van der Waals surface area contributed by atoms with Crippen LogP contribution in [0.5, 0.6) is 0 Å². The molecule has 0 aliphatic rings. The van der Waals surface area contributed by atoms with Crippen molar-refractivity contribution < 1.29 is 14.3 Å². The van der Waals surface area contributed by atoms with Gasteiger partial charge in [0.25, 0.3) is 0 Å². The smallest absolute Gasteiger partial charge is 0.411 e. The maximum absolute atomic E-state index is 11.0. The first kappa shape index (κ1) is 10.2. The SMILES string of the molecule is CCN(CC)C(=O)OCOC. The molecule has 0 saturated carbocycles. The number of ether oxygens (including phenoxy) is 2. The number of amides is 1. The molecule has 0 radical (unpaired) electrons. The highest BCUT2D eigenvalue weighted by Crippen LogP contribution is 1.92. The number of carbonyl (C=O) groups is 1. The number of methoxy groups -OCH3 is 1. The first-order chi connectivity index (χ1) is 5.26. The Morgan fingerprint density at radius 1 is 1.36 bits per heavy atom. The predicted molar refractivity (Wildman–Crippen MR) is 41.3 cm³/mol. The lowest BCUT2D eigenvalue weighted by Crippen LogP contribution is -2.31. The molecule has 66 valence electrons. The third-order valence-corrected chi connectivity index (χ3v) is 1.32. The predicted octanol–water partition coefficient (Wildman–Crippen LogP) is 1.07. The van der Waals surface area contributed by atoms with Gasteiger partial charge in [0.15, 0.2) is 6.79 Å². The molecule has 0 aromatic heterocycles. The zero-order valence-corrected chi connectivity index (χ0v) is 7.29. The van der Waals surface area contributed by atoms with Crippen molar-refractivity contribution in [1.82, 2.24) is 4.90 Å². The molecule has 0 unspecified atom stereocenters. The van der Waals surface area contributed by atoms with Gasteiger partial charge in [-0.05, 0) is 13.8 Å². The summed E-state index contributed by atoms with van der Waals surface area (Å²) in [6.07, 6.45) is -0.322. The summed E-state index contributed by atoms with van der Waals surface area (Å²) in [6, 6.07) is 0. The summed E-state index contributed by atoms with van der Waals surface area (Å²) in [6.45, 7) is 5.16. The van der Waals surface area contributed by atoms with Gasteiger partial charge in [-0.25, -0.2) is 4.79 Å². The van der Waals surface area contributed by atoms with Crippen LogP contribution in [0.1, 0.15) is 13.8 Å². The highest BCUT2D eigenvalue weighted by atomic mass is 16.7. The van der Waals surface area contributed by atoms with Gasteiger partial charge in [0.05, 0.1) is 0 Å². The van der Waals surface area contributed by atoms with Gasteiger partial charge in [-0.15, -0.1) is 0 Å². The fraction of sp³-hybridized carbons (Fsp3) is 0.857. The van der Waals surface area contributed by atoms with Crippen LogP contribution in [0.25, 0.3) is 0 Å². The molecule has 0 N–H and O–H groups in total. The molecule has 0 saturated heterocycles. The standard InChI is InChI=1S/C7H15NO3/c1-4-8(5-2)7(9)11-6-10-3/h4-6H2,1-3H3. The van der Waals surface area contributed by atoms with Crippen LogP contribution >= 0.6 is 0 Å². The number of rotatable bonds is 4. The Morgan fingerprint density at radius 3 is 2.27 bits per heavy atom. The van der Waals surface area contributed by atoms with Crippen LogP contribution in [0.2, 0.25) is 0 Å². The molecule has 0 aliphatic carbocycles. The molecular weight excluding hydrogens is 146 g/mol. The van der Waals surface area contributed by atoms with Crippen LogP contribution in [0.3, 0.4) is 0 Å². The Balaban J connectivity index is 3.61. The minimum absolute atomic E-state index is 0.0231. The Bertz CT molecular complexity index is 112. The second-order valence-corrected chi connectivity index (χ2v) is 1.99. The minimum Gasteiger partial charge on any atom is -0.422 e. The van der Waals surface area contributed by atoms with E-state index in [9.17, 15) is 4.79 Å². The van der Waals surface area contributed by atoms with Gasteiger partial charge in [0.1, 0.15) is 0 Å². The van der Waals surface area contributed by atoms with E-state index in [1.165, 1.54) is 7.11 Å². The highest BCUT2D eigenvalue weighted by Gasteiger charge is 2.08. The molecule has 4 nitrogen and oxygen atoms in total. The number of hydrogen-bond acceptors (Lipinski definition) is 3. The number of hydrogen-bond donors (Lipinski definition) is 0. The number of nitrogens with zero attached hydrogens (tertiary/aromatic N) is 1. The fourth-order valence-corrected chi connectivity index (χ4v) is 0.682. The lowest BCUT2D eigenvalue weighted by Gasteiger charge is -2.17. The van der Waals surface area contributed by atoms with Crippen molar-refractivity contribution in [2.75, 3.05) is 27.0 Å². The summed E-state index contributed by atoms with van der Waals surface area (Å²) in [4.78, 5) is 12.6. The van der Waals surface area contributed by atoms with Gasteiger partial charge in [0.2, 0.25) is 0 Å². The summed E-state index contributed by atoms with van der Waals surface area (Å²) in [5.41, 5.74) is 0. The Morgan fingerprint density at radius 2 is 1.91 bits per heavy atom. The van der Waals surface area contributed by atoms with Crippen molar-refractivity contribution in [3.05, 3.63) is 0 Å². The van der Waals surface area contributed by atoms with E-state index in [0.29, 0.717) is 13.1 Å². The molecule has 0 rings (SSSR count). The van der Waals surface area contributed by atoms with E-state index < -0.39 is 0 Å². The average molecular weight is 161 g/mol. The highest BCUT2D eigenvalue weighted by molar-refractivity contribution is 5.67. The van der Waals surface area contributed by atoms with Crippen molar-refractivity contribution in [1.29, 1.82) is 0 Å². The van der Waals surface area contributed by atoms with Crippen LogP contribution in [-0.4, -0.2) is 38.0 Å². The van der Waals surface area contributed by atoms with E-state index in [-0.39, 0.29) is 12.9 Å². The first-order valence-electron chi connectivity index (χ1n) is 3.66. The molecule has 0 aliphatic heterocycles. The minimum atomic E-state index is -0.322. The molecule has 0 atom stereocenters. The first-order valence-corrected chi connectivity index (χ1v) is 3.66. The lowest BCUT2D eigenvalue weighted by atomic mass is 10.6. The zero-order valence-electron chi connectivity index (χ0n) is 7.29.